The summed E-state index contributed by atoms with van der Waals surface area (Å²) in [6.07, 6.45) is 2.05. The maximum Gasteiger partial charge on any atom is 0.335 e. The first kappa shape index (κ1) is 17.1. The Labute approximate surface area is 155 Å². The number of hydrogen-bond donors (Lipinski definition) is 2. The third kappa shape index (κ3) is 3.01. The maximum atomic E-state index is 12.2. The topological polar surface area (TPSA) is 97.4 Å². The molecule has 0 aliphatic carbocycles. The Morgan fingerprint density at radius 2 is 2.15 bits per heavy atom. The summed E-state index contributed by atoms with van der Waals surface area (Å²) in [7, 11) is 0. The number of aromatic carboxylic acids is 1. The van der Waals surface area contributed by atoms with E-state index in [0.29, 0.717) is 22.9 Å². The van der Waals surface area contributed by atoms with Crippen LogP contribution in [0, 0.1) is 0 Å². The van der Waals surface area contributed by atoms with Crippen molar-refractivity contribution < 1.29 is 19.1 Å². The zero-order valence-corrected chi connectivity index (χ0v) is 15.0. The van der Waals surface area contributed by atoms with Crippen LogP contribution in [0.4, 0.5) is 5.82 Å². The second-order valence-electron chi connectivity index (χ2n) is 6.88. The van der Waals surface area contributed by atoms with Gasteiger partial charge in [0.2, 0.25) is 5.91 Å². The summed E-state index contributed by atoms with van der Waals surface area (Å²) in [5.41, 5.74) is 1.80. The SMILES string of the molecule is CC(C)n1ncc2c1NC(=O)C[C@@H]2c1ccc(-c2cccc(C(=O)O)c2)o1. The average molecular weight is 365 g/mol. The van der Waals surface area contributed by atoms with Gasteiger partial charge in [0.1, 0.15) is 17.3 Å². The molecule has 1 aromatic carbocycles. The number of carbonyl (C=O) groups excluding carboxylic acids is 1. The number of carbonyl (C=O) groups is 2. The van der Waals surface area contributed by atoms with Gasteiger partial charge in [0.05, 0.1) is 17.7 Å². The van der Waals surface area contributed by atoms with Crippen molar-refractivity contribution in [3.05, 3.63) is 59.5 Å². The monoisotopic (exact) mass is 365 g/mol. The zero-order chi connectivity index (χ0) is 19.1. The summed E-state index contributed by atoms with van der Waals surface area (Å²) < 4.78 is 7.80. The van der Waals surface area contributed by atoms with Gasteiger partial charge < -0.3 is 14.8 Å². The molecule has 0 fully saturated rings. The molecule has 3 heterocycles. The van der Waals surface area contributed by atoms with E-state index >= 15 is 0 Å². The number of benzene rings is 1. The van der Waals surface area contributed by atoms with Crippen LogP contribution >= 0.6 is 0 Å². The molecule has 0 bridgehead atoms. The molecule has 0 spiro atoms. The molecular formula is C20H19N3O4. The summed E-state index contributed by atoms with van der Waals surface area (Å²) in [6, 6.07) is 10.3. The predicted octanol–water partition coefficient (Wildman–Crippen LogP) is 3.90. The van der Waals surface area contributed by atoms with Gasteiger partial charge in [-0.2, -0.15) is 5.10 Å². The maximum absolute atomic E-state index is 12.2. The van der Waals surface area contributed by atoms with Gasteiger partial charge in [-0.3, -0.25) is 4.79 Å². The molecule has 1 aliphatic rings. The molecule has 3 aromatic rings. The quantitative estimate of drug-likeness (QED) is 0.731. The summed E-state index contributed by atoms with van der Waals surface area (Å²) in [5, 5.41) is 16.5. The van der Waals surface area contributed by atoms with E-state index in [0.717, 1.165) is 5.56 Å². The fraction of sp³-hybridized carbons (Fsp3) is 0.250. The number of carboxylic acid groups (broad SMARTS) is 1. The summed E-state index contributed by atoms with van der Waals surface area (Å²) in [5.74, 6) is 0.635. The normalized spacial score (nSPS) is 16.3. The van der Waals surface area contributed by atoms with Crippen LogP contribution in [0.2, 0.25) is 0 Å². The minimum Gasteiger partial charge on any atom is -0.478 e. The Hall–Kier alpha value is -3.35. The van der Waals surface area contributed by atoms with Crippen LogP contribution < -0.4 is 5.32 Å². The van der Waals surface area contributed by atoms with E-state index in [1.807, 2.05) is 19.9 Å². The molecule has 0 saturated carbocycles. The number of hydrogen-bond acceptors (Lipinski definition) is 4. The van der Waals surface area contributed by atoms with Crippen LogP contribution in [0.1, 0.15) is 53.9 Å². The third-order valence-electron chi connectivity index (χ3n) is 4.70. The van der Waals surface area contributed by atoms with Gasteiger partial charge in [-0.1, -0.05) is 12.1 Å². The predicted molar refractivity (Wildman–Crippen MR) is 98.8 cm³/mol. The molecule has 4 rings (SSSR count). The lowest BCUT2D eigenvalue weighted by Crippen LogP contribution is -2.25. The summed E-state index contributed by atoms with van der Waals surface area (Å²) >= 11 is 0. The molecule has 1 aliphatic heterocycles. The van der Waals surface area contributed by atoms with Crippen LogP contribution in [0.3, 0.4) is 0 Å². The Balaban J connectivity index is 1.71. The number of rotatable bonds is 4. The molecule has 2 aromatic heterocycles. The van der Waals surface area contributed by atoms with Crippen molar-refractivity contribution in [3.8, 4) is 11.3 Å². The Bertz CT molecular complexity index is 1030. The number of furan rings is 1. The van der Waals surface area contributed by atoms with Gasteiger partial charge in [-0.05, 0) is 38.1 Å². The van der Waals surface area contributed by atoms with E-state index < -0.39 is 5.97 Å². The molecule has 27 heavy (non-hydrogen) atoms. The van der Waals surface area contributed by atoms with Crippen molar-refractivity contribution in [1.82, 2.24) is 9.78 Å². The first-order valence-corrected chi connectivity index (χ1v) is 8.74. The fourth-order valence-electron chi connectivity index (χ4n) is 3.38. The standard InChI is InChI=1S/C20H19N3O4/c1-11(2)23-19-15(10-21-23)14(9-18(24)22-19)17-7-6-16(27-17)12-4-3-5-13(8-12)20(25)26/h3-8,10-11,14H,9H2,1-2H3,(H,22,24)(H,25,26)/t14-/m0/s1. The number of anilines is 1. The van der Waals surface area contributed by atoms with Crippen LogP contribution in [0.5, 0.6) is 0 Å². The van der Waals surface area contributed by atoms with Crippen LogP contribution in [0.25, 0.3) is 11.3 Å². The molecule has 2 N–H and O–H groups in total. The number of fused-ring (bicyclic) bond motifs is 1. The lowest BCUT2D eigenvalue weighted by molar-refractivity contribution is -0.116. The van der Waals surface area contributed by atoms with Gasteiger partial charge in [0, 0.05) is 23.6 Å². The molecule has 0 unspecified atom stereocenters. The highest BCUT2D eigenvalue weighted by Crippen LogP contribution is 2.39. The fourth-order valence-corrected chi connectivity index (χ4v) is 3.38. The second kappa shape index (κ2) is 6.42. The van der Waals surface area contributed by atoms with Gasteiger partial charge >= 0.3 is 5.97 Å². The van der Waals surface area contributed by atoms with Crippen LogP contribution in [0.15, 0.2) is 47.0 Å². The molecule has 0 radical (unpaired) electrons. The van der Waals surface area contributed by atoms with Crippen LogP contribution in [-0.4, -0.2) is 26.8 Å². The van der Waals surface area contributed by atoms with E-state index in [9.17, 15) is 9.59 Å². The van der Waals surface area contributed by atoms with Gasteiger partial charge in [0.25, 0.3) is 0 Å². The lowest BCUT2D eigenvalue weighted by atomic mass is 9.92. The second-order valence-corrected chi connectivity index (χ2v) is 6.88. The zero-order valence-electron chi connectivity index (χ0n) is 15.0. The highest BCUT2D eigenvalue weighted by Gasteiger charge is 2.32. The number of amides is 1. The number of aromatic nitrogens is 2. The van der Waals surface area contributed by atoms with Crippen LogP contribution in [-0.2, 0) is 4.79 Å². The number of nitrogens with zero attached hydrogens (tertiary/aromatic N) is 2. The molecule has 1 atom stereocenters. The van der Waals surface area contributed by atoms with Gasteiger partial charge in [-0.15, -0.1) is 0 Å². The molecule has 7 nitrogen and oxygen atoms in total. The highest BCUT2D eigenvalue weighted by atomic mass is 16.4. The Kier molecular flexibility index (Phi) is 4.07. The summed E-state index contributed by atoms with van der Waals surface area (Å²) in [4.78, 5) is 23.4. The van der Waals surface area contributed by atoms with Crippen molar-refractivity contribution in [3.63, 3.8) is 0 Å². The largest absolute Gasteiger partial charge is 0.478 e. The van der Waals surface area contributed by atoms with E-state index in [1.54, 1.807) is 35.1 Å². The molecule has 7 heteroatoms. The minimum absolute atomic E-state index is 0.0827. The lowest BCUT2D eigenvalue weighted by Gasteiger charge is -2.23. The van der Waals surface area contributed by atoms with Crippen molar-refractivity contribution in [2.75, 3.05) is 5.32 Å². The number of nitrogens with one attached hydrogen (secondary N) is 1. The van der Waals surface area contributed by atoms with Gasteiger partial charge in [0.15, 0.2) is 0 Å². The Morgan fingerprint density at radius 1 is 1.33 bits per heavy atom. The molecule has 0 saturated heterocycles. The van der Waals surface area contributed by atoms with E-state index in [1.165, 1.54) is 6.07 Å². The molecular weight excluding hydrogens is 346 g/mol. The van der Waals surface area contributed by atoms with Crippen molar-refractivity contribution in [2.45, 2.75) is 32.2 Å². The number of carboxylic acids is 1. The third-order valence-corrected chi connectivity index (χ3v) is 4.70. The molecule has 1 amide bonds. The van der Waals surface area contributed by atoms with Crippen molar-refractivity contribution >= 4 is 17.7 Å². The van der Waals surface area contributed by atoms with Gasteiger partial charge in [-0.25, -0.2) is 9.48 Å². The van der Waals surface area contributed by atoms with E-state index in [4.69, 9.17) is 9.52 Å². The van der Waals surface area contributed by atoms with E-state index in [2.05, 4.69) is 10.4 Å². The smallest absolute Gasteiger partial charge is 0.335 e. The first-order valence-electron chi connectivity index (χ1n) is 8.74. The first-order chi connectivity index (χ1) is 12.9. The van der Waals surface area contributed by atoms with Crippen molar-refractivity contribution in [2.24, 2.45) is 0 Å². The average Bonchev–Trinajstić information content (AvgIpc) is 3.28. The highest BCUT2D eigenvalue weighted by molar-refractivity contribution is 5.94. The minimum atomic E-state index is -0.988. The summed E-state index contributed by atoms with van der Waals surface area (Å²) in [6.45, 7) is 4.01. The van der Waals surface area contributed by atoms with E-state index in [-0.39, 0.29) is 29.9 Å². The molecule has 138 valence electrons. The van der Waals surface area contributed by atoms with Crippen molar-refractivity contribution in [1.29, 1.82) is 0 Å². The Morgan fingerprint density at radius 3 is 2.89 bits per heavy atom.